The highest BCUT2D eigenvalue weighted by atomic mass is 32.1. The van der Waals surface area contributed by atoms with Gasteiger partial charge >= 0.3 is 0 Å². The van der Waals surface area contributed by atoms with Crippen LogP contribution in [0, 0.1) is 5.82 Å². The highest BCUT2D eigenvalue weighted by Gasteiger charge is 1.96. The van der Waals surface area contributed by atoms with Crippen molar-refractivity contribution in [2.75, 3.05) is 5.43 Å². The summed E-state index contributed by atoms with van der Waals surface area (Å²) in [7, 11) is 0. The monoisotopic (exact) mass is 158 g/mol. The van der Waals surface area contributed by atoms with E-state index in [1.165, 1.54) is 12.1 Å². The van der Waals surface area contributed by atoms with Crippen LogP contribution >= 0.6 is 12.6 Å². The molecule has 0 radical (unpaired) electrons. The summed E-state index contributed by atoms with van der Waals surface area (Å²) in [4.78, 5) is 0.319. The van der Waals surface area contributed by atoms with Crippen LogP contribution in [0.2, 0.25) is 0 Å². The van der Waals surface area contributed by atoms with E-state index in [1.807, 2.05) is 0 Å². The molecule has 1 aromatic carbocycles. The Morgan fingerprint density at radius 3 is 2.70 bits per heavy atom. The zero-order valence-electron chi connectivity index (χ0n) is 5.13. The molecule has 1 aromatic rings. The molecule has 0 aliphatic carbocycles. The summed E-state index contributed by atoms with van der Waals surface area (Å²) in [6, 6.07) is 4.46. The molecule has 1 rings (SSSR count). The predicted molar refractivity (Wildman–Crippen MR) is 41.5 cm³/mol. The quantitative estimate of drug-likeness (QED) is 0.328. The van der Waals surface area contributed by atoms with Gasteiger partial charge in [-0.15, -0.1) is 12.6 Å². The summed E-state index contributed by atoms with van der Waals surface area (Å²) in [6.07, 6.45) is 0. The van der Waals surface area contributed by atoms with Gasteiger partial charge in [-0.3, -0.25) is 5.84 Å². The molecule has 54 valence electrons. The fraction of sp³-hybridized carbons (Fsp3) is 0. The van der Waals surface area contributed by atoms with Gasteiger partial charge in [-0.05, 0) is 18.2 Å². The number of thiol groups is 1. The number of hydrogen-bond donors (Lipinski definition) is 3. The Bertz CT molecular complexity index is 239. The molecular weight excluding hydrogens is 151 g/mol. The number of nitrogens with two attached hydrogens (primary N) is 1. The fourth-order valence-corrected chi connectivity index (χ4v) is 0.736. The number of rotatable bonds is 1. The molecule has 0 unspecified atom stereocenters. The van der Waals surface area contributed by atoms with E-state index >= 15 is 0 Å². The molecule has 0 fully saturated rings. The standard InChI is InChI=1S/C6H7FN2S/c7-5-3-4(9-8)1-2-6(5)10/h1-3,9-10H,8H2. The highest BCUT2D eigenvalue weighted by molar-refractivity contribution is 7.80. The third-order valence-electron chi connectivity index (χ3n) is 1.11. The van der Waals surface area contributed by atoms with Crippen LogP contribution in [0.4, 0.5) is 10.1 Å². The van der Waals surface area contributed by atoms with E-state index in [1.54, 1.807) is 6.07 Å². The maximum atomic E-state index is 12.6. The van der Waals surface area contributed by atoms with Gasteiger partial charge in [0, 0.05) is 4.90 Å². The SMILES string of the molecule is NNc1ccc(S)c(F)c1. The lowest BCUT2D eigenvalue weighted by Crippen LogP contribution is -2.06. The third kappa shape index (κ3) is 1.40. The first-order chi connectivity index (χ1) is 4.74. The Morgan fingerprint density at radius 1 is 1.50 bits per heavy atom. The average Bonchev–Trinajstić information content (AvgIpc) is 1.95. The van der Waals surface area contributed by atoms with Gasteiger partial charge in [0.25, 0.3) is 0 Å². The first-order valence-electron chi connectivity index (χ1n) is 2.69. The number of hydrogen-bond acceptors (Lipinski definition) is 3. The van der Waals surface area contributed by atoms with Crippen molar-refractivity contribution in [2.45, 2.75) is 4.90 Å². The number of hydrazine groups is 1. The molecule has 3 N–H and O–H groups in total. The fourth-order valence-electron chi connectivity index (χ4n) is 0.597. The molecule has 0 atom stereocenters. The third-order valence-corrected chi connectivity index (χ3v) is 1.48. The molecule has 2 nitrogen and oxygen atoms in total. The second-order valence-corrected chi connectivity index (χ2v) is 2.29. The minimum atomic E-state index is -0.376. The largest absolute Gasteiger partial charge is 0.324 e. The smallest absolute Gasteiger partial charge is 0.138 e. The van der Waals surface area contributed by atoms with Crippen LogP contribution in [0.15, 0.2) is 23.1 Å². The first-order valence-corrected chi connectivity index (χ1v) is 3.14. The van der Waals surface area contributed by atoms with E-state index in [-0.39, 0.29) is 5.82 Å². The van der Waals surface area contributed by atoms with Crippen molar-refractivity contribution < 1.29 is 4.39 Å². The van der Waals surface area contributed by atoms with Crippen LogP contribution in [0.3, 0.4) is 0 Å². The van der Waals surface area contributed by atoms with Crippen molar-refractivity contribution in [3.05, 3.63) is 24.0 Å². The summed E-state index contributed by atoms with van der Waals surface area (Å²) in [5.41, 5.74) is 2.86. The van der Waals surface area contributed by atoms with Gasteiger partial charge in [0.15, 0.2) is 0 Å². The molecule has 0 bridgehead atoms. The maximum absolute atomic E-state index is 12.6. The van der Waals surface area contributed by atoms with Crippen LogP contribution in [0.1, 0.15) is 0 Å². The van der Waals surface area contributed by atoms with E-state index in [0.29, 0.717) is 10.6 Å². The molecule has 0 amide bonds. The van der Waals surface area contributed by atoms with Crippen molar-refractivity contribution in [2.24, 2.45) is 5.84 Å². The van der Waals surface area contributed by atoms with Crippen molar-refractivity contribution in [1.82, 2.24) is 0 Å². The molecule has 0 aliphatic rings. The second-order valence-electron chi connectivity index (χ2n) is 1.81. The Balaban J connectivity index is 3.04. The number of halogens is 1. The summed E-state index contributed by atoms with van der Waals surface area (Å²) in [6.45, 7) is 0. The van der Waals surface area contributed by atoms with Crippen LogP contribution in [0.25, 0.3) is 0 Å². The van der Waals surface area contributed by atoms with Gasteiger partial charge in [-0.2, -0.15) is 0 Å². The Morgan fingerprint density at radius 2 is 2.20 bits per heavy atom. The van der Waals surface area contributed by atoms with Gasteiger partial charge in [0.05, 0.1) is 5.69 Å². The van der Waals surface area contributed by atoms with E-state index in [4.69, 9.17) is 5.84 Å². The van der Waals surface area contributed by atoms with E-state index in [9.17, 15) is 4.39 Å². The van der Waals surface area contributed by atoms with Crippen LogP contribution < -0.4 is 11.3 Å². The molecule has 0 saturated carbocycles. The molecule has 4 heteroatoms. The number of anilines is 1. The molecule has 0 aromatic heterocycles. The summed E-state index contributed by atoms with van der Waals surface area (Å²) in [5, 5.41) is 0. The molecule has 10 heavy (non-hydrogen) atoms. The number of benzene rings is 1. The molecule has 0 aliphatic heterocycles. The second kappa shape index (κ2) is 2.90. The van der Waals surface area contributed by atoms with Gasteiger partial charge < -0.3 is 5.43 Å². The Kier molecular flexibility index (Phi) is 2.13. The van der Waals surface area contributed by atoms with Gasteiger partial charge in [0.1, 0.15) is 5.82 Å². The zero-order chi connectivity index (χ0) is 7.56. The summed E-state index contributed by atoms with van der Waals surface area (Å²) < 4.78 is 12.6. The van der Waals surface area contributed by atoms with Crippen LogP contribution in [-0.4, -0.2) is 0 Å². The molecule has 0 heterocycles. The number of nitrogen functional groups attached to an aromatic ring is 1. The average molecular weight is 158 g/mol. The van der Waals surface area contributed by atoms with E-state index < -0.39 is 0 Å². The zero-order valence-corrected chi connectivity index (χ0v) is 6.03. The van der Waals surface area contributed by atoms with E-state index in [2.05, 4.69) is 18.1 Å². The first kappa shape index (κ1) is 7.37. The van der Waals surface area contributed by atoms with Gasteiger partial charge in [-0.1, -0.05) is 0 Å². The minimum Gasteiger partial charge on any atom is -0.324 e. The van der Waals surface area contributed by atoms with Gasteiger partial charge in [0.2, 0.25) is 0 Å². The maximum Gasteiger partial charge on any atom is 0.138 e. The summed E-state index contributed by atoms with van der Waals surface area (Å²) >= 11 is 3.84. The molecule has 0 spiro atoms. The normalized spacial score (nSPS) is 9.50. The van der Waals surface area contributed by atoms with Crippen molar-refractivity contribution in [3.63, 3.8) is 0 Å². The van der Waals surface area contributed by atoms with Crippen molar-refractivity contribution in [3.8, 4) is 0 Å². The highest BCUT2D eigenvalue weighted by Crippen LogP contribution is 2.15. The summed E-state index contributed by atoms with van der Waals surface area (Å²) in [5.74, 6) is 4.65. The van der Waals surface area contributed by atoms with Crippen LogP contribution in [-0.2, 0) is 0 Å². The van der Waals surface area contributed by atoms with Gasteiger partial charge in [-0.25, -0.2) is 4.39 Å². The molecule has 0 saturated heterocycles. The molecular formula is C6H7FN2S. The van der Waals surface area contributed by atoms with Crippen molar-refractivity contribution in [1.29, 1.82) is 0 Å². The van der Waals surface area contributed by atoms with Crippen molar-refractivity contribution >= 4 is 18.3 Å². The Labute approximate surface area is 63.6 Å². The Hall–Kier alpha value is -0.740. The lowest BCUT2D eigenvalue weighted by molar-refractivity contribution is 0.603. The minimum absolute atomic E-state index is 0.319. The lowest BCUT2D eigenvalue weighted by Gasteiger charge is -1.99. The lowest BCUT2D eigenvalue weighted by atomic mass is 10.3. The van der Waals surface area contributed by atoms with E-state index in [0.717, 1.165) is 0 Å². The number of nitrogens with one attached hydrogen (secondary N) is 1. The van der Waals surface area contributed by atoms with Crippen LogP contribution in [0.5, 0.6) is 0 Å². The topological polar surface area (TPSA) is 38.0 Å². The predicted octanol–water partition coefficient (Wildman–Crippen LogP) is 1.40.